The highest BCUT2D eigenvalue weighted by atomic mass is 32.2. The highest BCUT2D eigenvalue weighted by Gasteiger charge is 2.21. The summed E-state index contributed by atoms with van der Waals surface area (Å²) in [5, 5.41) is 9.50. The molecule has 3 aromatic heterocycles. The number of carbonyl (C=O) groups is 1. The Morgan fingerprint density at radius 1 is 0.944 bits per heavy atom. The number of aromatic nitrogens is 5. The smallest absolute Gasteiger partial charge is 0.196 e. The number of carbonyl (C=O) groups excluding carboxylic acids is 1. The zero-order valence-electron chi connectivity index (χ0n) is 20.1. The van der Waals surface area contributed by atoms with Crippen LogP contribution in [-0.4, -0.2) is 35.9 Å². The van der Waals surface area contributed by atoms with E-state index in [1.165, 1.54) is 23.9 Å². The number of thioether (sulfide) groups is 1. The van der Waals surface area contributed by atoms with Gasteiger partial charge in [-0.3, -0.25) is 14.3 Å². The molecule has 0 saturated carbocycles. The molecule has 0 unspecified atom stereocenters. The van der Waals surface area contributed by atoms with Crippen molar-refractivity contribution in [2.75, 3.05) is 5.75 Å². The van der Waals surface area contributed by atoms with E-state index in [0.717, 1.165) is 33.9 Å². The number of halogens is 1. The van der Waals surface area contributed by atoms with Crippen LogP contribution >= 0.6 is 11.8 Å². The number of para-hydroxylation sites is 1. The summed E-state index contributed by atoms with van der Waals surface area (Å²) in [4.78, 5) is 17.5. The average molecular weight is 498 g/mol. The summed E-state index contributed by atoms with van der Waals surface area (Å²) in [5.74, 6) is 0.563. The highest BCUT2D eigenvalue weighted by Crippen LogP contribution is 2.30. The van der Waals surface area contributed by atoms with E-state index in [4.69, 9.17) is 0 Å². The predicted molar refractivity (Wildman–Crippen MR) is 140 cm³/mol. The first kappa shape index (κ1) is 23.7. The molecule has 6 nitrogen and oxygen atoms in total. The molecule has 0 amide bonds. The molecule has 36 heavy (non-hydrogen) atoms. The Morgan fingerprint density at radius 3 is 2.44 bits per heavy atom. The normalized spacial score (nSPS) is 11.1. The Kier molecular flexibility index (Phi) is 6.52. The van der Waals surface area contributed by atoms with E-state index in [1.807, 2.05) is 72.4 Å². The van der Waals surface area contributed by atoms with Crippen LogP contribution in [0, 0.1) is 26.6 Å². The molecule has 8 heteroatoms. The number of hydrogen-bond acceptors (Lipinski definition) is 5. The number of hydrogen-bond donors (Lipinski definition) is 0. The molecule has 5 rings (SSSR count). The van der Waals surface area contributed by atoms with Gasteiger partial charge < -0.3 is 4.57 Å². The van der Waals surface area contributed by atoms with Crippen molar-refractivity contribution < 1.29 is 9.18 Å². The van der Waals surface area contributed by atoms with Gasteiger partial charge in [0.2, 0.25) is 0 Å². The first-order chi connectivity index (χ1) is 17.4. The van der Waals surface area contributed by atoms with Crippen molar-refractivity contribution in [1.82, 2.24) is 24.3 Å². The molecule has 0 radical (unpaired) electrons. The molecular formula is C28H24FN5OS. The van der Waals surface area contributed by atoms with Crippen molar-refractivity contribution in [3.8, 4) is 22.8 Å². The zero-order valence-corrected chi connectivity index (χ0v) is 21.0. The maximum atomic E-state index is 13.4. The molecule has 180 valence electrons. The Balaban J connectivity index is 1.46. The monoisotopic (exact) mass is 497 g/mol. The lowest BCUT2D eigenvalue weighted by molar-refractivity contribution is 0.102. The molecule has 0 aliphatic rings. The Morgan fingerprint density at radius 2 is 1.72 bits per heavy atom. The molecule has 2 aromatic carbocycles. The molecule has 0 saturated heterocycles. The van der Waals surface area contributed by atoms with Crippen molar-refractivity contribution in [2.24, 2.45) is 0 Å². The van der Waals surface area contributed by atoms with E-state index in [-0.39, 0.29) is 17.4 Å². The maximum Gasteiger partial charge on any atom is 0.196 e. The molecular weight excluding hydrogens is 473 g/mol. The van der Waals surface area contributed by atoms with Crippen LogP contribution in [0.4, 0.5) is 4.39 Å². The van der Waals surface area contributed by atoms with Gasteiger partial charge in [-0.25, -0.2) is 4.39 Å². The van der Waals surface area contributed by atoms with Crippen LogP contribution < -0.4 is 0 Å². The Labute approximate surface area is 212 Å². The molecule has 0 N–H and O–H groups in total. The third-order valence-corrected chi connectivity index (χ3v) is 6.99. The summed E-state index contributed by atoms with van der Waals surface area (Å²) in [6, 6.07) is 20.0. The van der Waals surface area contributed by atoms with Gasteiger partial charge in [-0.15, -0.1) is 10.2 Å². The van der Waals surface area contributed by atoms with Gasteiger partial charge in [0, 0.05) is 40.6 Å². The summed E-state index contributed by atoms with van der Waals surface area (Å²) in [5.41, 5.74) is 6.05. The number of aryl methyl sites for hydroxylation is 2. The lowest BCUT2D eigenvalue weighted by Crippen LogP contribution is -2.07. The fraction of sp³-hybridized carbons (Fsp3) is 0.143. The number of rotatable bonds is 7. The number of ketones is 1. The molecule has 0 fully saturated rings. The Bertz CT molecular complexity index is 1540. The fourth-order valence-electron chi connectivity index (χ4n) is 4.32. The second kappa shape index (κ2) is 9.91. The van der Waals surface area contributed by atoms with Crippen LogP contribution in [0.25, 0.3) is 22.8 Å². The molecule has 0 spiro atoms. The van der Waals surface area contributed by atoms with Crippen LogP contribution in [0.15, 0.2) is 84.3 Å². The number of benzene rings is 2. The SMILES string of the molecule is Cc1ccccc1-n1c(SCC(=O)c2cc(C)n(-c3ccc(F)cc3)c2C)nnc1-c1cccnc1. The molecule has 0 aliphatic heterocycles. The van der Waals surface area contributed by atoms with Crippen molar-refractivity contribution in [2.45, 2.75) is 25.9 Å². The summed E-state index contributed by atoms with van der Waals surface area (Å²) >= 11 is 1.35. The zero-order chi connectivity index (χ0) is 25.2. The van der Waals surface area contributed by atoms with Gasteiger partial charge in [0.15, 0.2) is 16.8 Å². The van der Waals surface area contributed by atoms with Crippen LogP contribution in [0.5, 0.6) is 0 Å². The highest BCUT2D eigenvalue weighted by molar-refractivity contribution is 7.99. The standard InChI is InChI=1S/C28H24FN5OS/c1-18-7-4-5-9-25(18)34-27(21-8-6-14-30-16-21)31-32-28(34)36-17-26(35)24-15-19(2)33(20(24)3)23-12-10-22(29)11-13-23/h4-16H,17H2,1-3H3. The molecule has 0 bridgehead atoms. The first-order valence-corrected chi connectivity index (χ1v) is 12.5. The lowest BCUT2D eigenvalue weighted by Gasteiger charge is -2.12. The Hall–Kier alpha value is -4.04. The predicted octanol–water partition coefficient (Wildman–Crippen LogP) is 6.16. The van der Waals surface area contributed by atoms with Crippen LogP contribution in [0.2, 0.25) is 0 Å². The topological polar surface area (TPSA) is 65.6 Å². The van der Waals surface area contributed by atoms with Gasteiger partial charge >= 0.3 is 0 Å². The van der Waals surface area contributed by atoms with E-state index in [1.54, 1.807) is 24.5 Å². The molecule has 0 aliphatic carbocycles. The van der Waals surface area contributed by atoms with E-state index in [0.29, 0.717) is 16.5 Å². The van der Waals surface area contributed by atoms with Crippen LogP contribution in [-0.2, 0) is 0 Å². The van der Waals surface area contributed by atoms with Gasteiger partial charge in [0.25, 0.3) is 0 Å². The number of nitrogens with zero attached hydrogens (tertiary/aromatic N) is 5. The van der Waals surface area contributed by atoms with Crippen LogP contribution in [0.1, 0.15) is 27.3 Å². The lowest BCUT2D eigenvalue weighted by atomic mass is 10.2. The quantitative estimate of drug-likeness (QED) is 0.199. The molecule has 5 aromatic rings. The van der Waals surface area contributed by atoms with Gasteiger partial charge in [-0.05, 0) is 74.9 Å². The largest absolute Gasteiger partial charge is 0.318 e. The minimum Gasteiger partial charge on any atom is -0.318 e. The number of pyridine rings is 1. The summed E-state index contributed by atoms with van der Waals surface area (Å²) in [6.07, 6.45) is 3.47. The van der Waals surface area contributed by atoms with Gasteiger partial charge in [-0.1, -0.05) is 30.0 Å². The van der Waals surface area contributed by atoms with E-state index >= 15 is 0 Å². The summed E-state index contributed by atoms with van der Waals surface area (Å²) in [7, 11) is 0. The third kappa shape index (κ3) is 4.47. The molecule has 0 atom stereocenters. The maximum absolute atomic E-state index is 13.4. The van der Waals surface area contributed by atoms with Crippen LogP contribution in [0.3, 0.4) is 0 Å². The van der Waals surface area contributed by atoms with E-state index in [9.17, 15) is 9.18 Å². The molecule has 3 heterocycles. The van der Waals surface area contributed by atoms with Crippen molar-refractivity contribution in [3.63, 3.8) is 0 Å². The second-order valence-corrected chi connectivity index (χ2v) is 9.42. The summed E-state index contributed by atoms with van der Waals surface area (Å²) in [6.45, 7) is 5.88. The van der Waals surface area contributed by atoms with Crippen molar-refractivity contribution in [1.29, 1.82) is 0 Å². The van der Waals surface area contributed by atoms with E-state index < -0.39 is 0 Å². The first-order valence-electron chi connectivity index (χ1n) is 11.5. The van der Waals surface area contributed by atoms with E-state index in [2.05, 4.69) is 15.2 Å². The van der Waals surface area contributed by atoms with Gasteiger partial charge in [0.05, 0.1) is 11.4 Å². The van der Waals surface area contributed by atoms with Gasteiger partial charge in [-0.2, -0.15) is 0 Å². The van der Waals surface area contributed by atoms with Crippen molar-refractivity contribution in [3.05, 3.63) is 107 Å². The third-order valence-electron chi connectivity index (χ3n) is 6.06. The minimum absolute atomic E-state index is 0.0104. The average Bonchev–Trinajstić information content (AvgIpc) is 3.44. The number of Topliss-reactive ketones (excluding diaryl/α,β-unsaturated/α-hetero) is 1. The fourth-order valence-corrected chi connectivity index (χ4v) is 5.15. The minimum atomic E-state index is -0.294. The van der Waals surface area contributed by atoms with Gasteiger partial charge in [0.1, 0.15) is 5.82 Å². The second-order valence-electron chi connectivity index (χ2n) is 8.48. The summed E-state index contributed by atoms with van der Waals surface area (Å²) < 4.78 is 17.4. The van der Waals surface area contributed by atoms with Crippen molar-refractivity contribution >= 4 is 17.5 Å².